The summed E-state index contributed by atoms with van der Waals surface area (Å²) in [5.74, 6) is 1.76. The first-order chi connectivity index (χ1) is 6.38. The first-order valence-corrected chi connectivity index (χ1v) is 7.47. The van der Waals surface area contributed by atoms with Gasteiger partial charge in [-0.3, -0.25) is 0 Å². The van der Waals surface area contributed by atoms with E-state index in [1.807, 2.05) is 7.05 Å². The van der Waals surface area contributed by atoms with Crippen molar-refractivity contribution in [3.05, 3.63) is 0 Å². The number of hydrogen-bond acceptors (Lipinski definition) is 3. The van der Waals surface area contributed by atoms with Crippen LogP contribution in [-0.2, 0) is 9.05 Å². The summed E-state index contributed by atoms with van der Waals surface area (Å²) in [6.45, 7) is 4.15. The number of nitrogens with zero attached hydrogens (tertiary/aromatic N) is 1. The van der Waals surface area contributed by atoms with E-state index >= 15 is 0 Å². The topological polar surface area (TPSA) is 37.4 Å². The van der Waals surface area contributed by atoms with Crippen LogP contribution in [0.15, 0.2) is 0 Å². The molecule has 2 atom stereocenters. The lowest BCUT2D eigenvalue weighted by atomic mass is 10.3. The van der Waals surface area contributed by atoms with Crippen LogP contribution in [0.5, 0.6) is 0 Å². The van der Waals surface area contributed by atoms with Crippen molar-refractivity contribution in [3.8, 4) is 0 Å². The van der Waals surface area contributed by atoms with Crippen molar-refractivity contribution >= 4 is 19.7 Å². The summed E-state index contributed by atoms with van der Waals surface area (Å²) in [5, 5.41) is 0. The minimum absolute atomic E-state index is 0.0825. The summed E-state index contributed by atoms with van der Waals surface area (Å²) in [4.78, 5) is 2.19. The van der Waals surface area contributed by atoms with E-state index in [0.717, 1.165) is 24.9 Å². The van der Waals surface area contributed by atoms with Crippen molar-refractivity contribution in [1.29, 1.82) is 0 Å². The van der Waals surface area contributed by atoms with Crippen LogP contribution in [0.1, 0.15) is 19.8 Å². The van der Waals surface area contributed by atoms with Crippen molar-refractivity contribution in [1.82, 2.24) is 4.90 Å². The minimum Gasteiger partial charge on any atom is -0.306 e. The Hall–Kier alpha value is 0.200. The normalized spacial score (nSPS) is 26.9. The van der Waals surface area contributed by atoms with Crippen LogP contribution in [0.2, 0.25) is 0 Å². The monoisotopic (exact) mass is 239 g/mol. The number of hydrogen-bond donors (Lipinski definition) is 0. The van der Waals surface area contributed by atoms with Crippen LogP contribution in [0.3, 0.4) is 0 Å². The molecule has 1 aliphatic carbocycles. The lowest BCUT2D eigenvalue weighted by Crippen LogP contribution is -2.23. The highest BCUT2D eigenvalue weighted by molar-refractivity contribution is 8.13. The van der Waals surface area contributed by atoms with Gasteiger partial charge in [-0.25, -0.2) is 8.42 Å². The van der Waals surface area contributed by atoms with Gasteiger partial charge in [-0.2, -0.15) is 0 Å². The lowest BCUT2D eigenvalue weighted by Gasteiger charge is -2.15. The van der Waals surface area contributed by atoms with Gasteiger partial charge in [0.2, 0.25) is 9.05 Å². The van der Waals surface area contributed by atoms with Gasteiger partial charge < -0.3 is 4.90 Å². The molecule has 1 aliphatic rings. The average Bonchev–Trinajstić information content (AvgIpc) is 2.63. The molecule has 84 valence electrons. The Labute approximate surface area is 90.8 Å². The third-order valence-corrected chi connectivity index (χ3v) is 3.99. The lowest BCUT2D eigenvalue weighted by molar-refractivity contribution is 0.316. The Kier molecular flexibility index (Phi) is 4.22. The third-order valence-electron chi connectivity index (χ3n) is 2.75. The summed E-state index contributed by atoms with van der Waals surface area (Å²) in [5.41, 5.74) is 0. The van der Waals surface area contributed by atoms with Crippen molar-refractivity contribution in [2.45, 2.75) is 19.8 Å². The molecule has 2 unspecified atom stereocenters. The molecule has 14 heavy (non-hydrogen) atoms. The second-order valence-corrected chi connectivity index (χ2v) is 7.23. The van der Waals surface area contributed by atoms with Crippen LogP contribution in [0.4, 0.5) is 0 Å². The zero-order valence-electron chi connectivity index (χ0n) is 8.74. The van der Waals surface area contributed by atoms with E-state index in [2.05, 4.69) is 11.8 Å². The maximum Gasteiger partial charge on any atom is 0.232 e. The molecule has 0 N–H and O–H groups in total. The van der Waals surface area contributed by atoms with Crippen molar-refractivity contribution in [2.75, 3.05) is 25.9 Å². The molecule has 0 aromatic heterocycles. The Balaban J connectivity index is 2.06. The predicted molar refractivity (Wildman–Crippen MR) is 59.0 cm³/mol. The molecule has 0 spiro atoms. The number of halogens is 1. The Bertz CT molecular complexity index is 279. The van der Waals surface area contributed by atoms with Crippen LogP contribution in [0.25, 0.3) is 0 Å². The summed E-state index contributed by atoms with van der Waals surface area (Å²) >= 11 is 0. The van der Waals surface area contributed by atoms with Gasteiger partial charge in [-0.1, -0.05) is 6.92 Å². The van der Waals surface area contributed by atoms with E-state index in [-0.39, 0.29) is 5.75 Å². The molecule has 0 bridgehead atoms. The molecule has 0 aromatic rings. The van der Waals surface area contributed by atoms with Crippen molar-refractivity contribution in [2.24, 2.45) is 11.8 Å². The Morgan fingerprint density at radius 2 is 2.07 bits per heavy atom. The molecular weight excluding hydrogens is 222 g/mol. The number of rotatable bonds is 6. The molecule has 1 rings (SSSR count). The van der Waals surface area contributed by atoms with Crippen LogP contribution in [0, 0.1) is 11.8 Å². The SMILES string of the molecule is CC1CC1CN(C)CCCS(=O)(=O)Cl. The fourth-order valence-corrected chi connectivity index (χ4v) is 2.45. The Morgan fingerprint density at radius 1 is 1.50 bits per heavy atom. The van der Waals surface area contributed by atoms with Gasteiger partial charge >= 0.3 is 0 Å². The third kappa shape index (κ3) is 5.17. The quantitative estimate of drug-likeness (QED) is 0.660. The van der Waals surface area contributed by atoms with Gasteiger partial charge in [0, 0.05) is 17.2 Å². The molecule has 3 nitrogen and oxygen atoms in total. The molecule has 0 heterocycles. The highest BCUT2D eigenvalue weighted by Gasteiger charge is 2.32. The fourth-order valence-electron chi connectivity index (χ4n) is 1.65. The molecule has 1 fully saturated rings. The molecule has 0 radical (unpaired) electrons. The van der Waals surface area contributed by atoms with Crippen LogP contribution in [-0.4, -0.2) is 39.2 Å². The predicted octanol–water partition coefficient (Wildman–Crippen LogP) is 1.53. The standard InChI is InChI=1S/C9H18ClNO2S/c1-8-6-9(8)7-11(2)4-3-5-14(10,12)13/h8-9H,3-7H2,1-2H3. The van der Waals surface area contributed by atoms with E-state index < -0.39 is 9.05 Å². The van der Waals surface area contributed by atoms with E-state index in [0.29, 0.717) is 6.42 Å². The summed E-state index contributed by atoms with van der Waals surface area (Å²) < 4.78 is 21.3. The largest absolute Gasteiger partial charge is 0.306 e. The maximum atomic E-state index is 10.6. The van der Waals surface area contributed by atoms with Gasteiger partial charge in [0.1, 0.15) is 0 Å². The smallest absolute Gasteiger partial charge is 0.232 e. The highest BCUT2D eigenvalue weighted by Crippen LogP contribution is 2.37. The van der Waals surface area contributed by atoms with E-state index in [1.54, 1.807) is 0 Å². The van der Waals surface area contributed by atoms with E-state index in [4.69, 9.17) is 10.7 Å². The molecule has 1 saturated carbocycles. The van der Waals surface area contributed by atoms with Gasteiger partial charge in [-0.15, -0.1) is 0 Å². The molecular formula is C9H18ClNO2S. The zero-order chi connectivity index (χ0) is 10.8. The van der Waals surface area contributed by atoms with Gasteiger partial charge in [-0.05, 0) is 38.3 Å². The molecule has 0 aliphatic heterocycles. The second-order valence-electron chi connectivity index (χ2n) is 4.33. The van der Waals surface area contributed by atoms with E-state index in [9.17, 15) is 8.42 Å². The van der Waals surface area contributed by atoms with Crippen molar-refractivity contribution < 1.29 is 8.42 Å². The summed E-state index contributed by atoms with van der Waals surface area (Å²) in [6, 6.07) is 0. The van der Waals surface area contributed by atoms with Crippen LogP contribution < -0.4 is 0 Å². The van der Waals surface area contributed by atoms with Gasteiger partial charge in [0.25, 0.3) is 0 Å². The average molecular weight is 240 g/mol. The fraction of sp³-hybridized carbons (Fsp3) is 1.00. The van der Waals surface area contributed by atoms with Gasteiger partial charge in [0.05, 0.1) is 5.75 Å². The van der Waals surface area contributed by atoms with Crippen LogP contribution >= 0.6 is 10.7 Å². The summed E-state index contributed by atoms with van der Waals surface area (Å²) in [7, 11) is 3.85. The van der Waals surface area contributed by atoms with Gasteiger partial charge in [0.15, 0.2) is 0 Å². The second kappa shape index (κ2) is 4.81. The minimum atomic E-state index is -3.30. The molecule has 0 saturated heterocycles. The first kappa shape index (κ1) is 12.3. The van der Waals surface area contributed by atoms with E-state index in [1.165, 1.54) is 6.42 Å². The summed E-state index contributed by atoms with van der Waals surface area (Å²) in [6.07, 6.45) is 1.95. The zero-order valence-corrected chi connectivity index (χ0v) is 10.3. The molecule has 5 heteroatoms. The molecule has 0 amide bonds. The first-order valence-electron chi connectivity index (χ1n) is 4.99. The molecule has 0 aromatic carbocycles. The maximum absolute atomic E-state index is 10.6. The van der Waals surface area contributed by atoms with Crippen molar-refractivity contribution in [3.63, 3.8) is 0 Å². The Morgan fingerprint density at radius 3 is 2.50 bits per heavy atom. The highest BCUT2D eigenvalue weighted by atomic mass is 35.7.